The molecule has 1 aliphatic heterocycles. The Balaban J connectivity index is 1.90. The zero-order valence-electron chi connectivity index (χ0n) is 11.7. The third-order valence-corrected chi connectivity index (χ3v) is 4.13. The van der Waals surface area contributed by atoms with Gasteiger partial charge in [-0.05, 0) is 35.6 Å². The van der Waals surface area contributed by atoms with Crippen LogP contribution in [-0.2, 0) is 13.0 Å². The Morgan fingerprint density at radius 2 is 1.75 bits per heavy atom. The summed E-state index contributed by atoms with van der Waals surface area (Å²) in [5.74, 6) is 0. The first-order chi connectivity index (χ1) is 9.79. The molecule has 20 heavy (non-hydrogen) atoms. The van der Waals surface area contributed by atoms with E-state index in [-0.39, 0.29) is 6.04 Å². The fraction of sp³-hybridized carbons (Fsp3) is 0.278. The van der Waals surface area contributed by atoms with Gasteiger partial charge in [-0.2, -0.15) is 5.26 Å². The maximum absolute atomic E-state index is 9.61. The molecule has 2 heteroatoms. The second-order valence-electron chi connectivity index (χ2n) is 5.38. The van der Waals surface area contributed by atoms with E-state index in [1.807, 2.05) is 12.1 Å². The summed E-state index contributed by atoms with van der Waals surface area (Å²) in [7, 11) is 0. The molecule has 0 saturated heterocycles. The minimum absolute atomic E-state index is 0.149. The Hall–Kier alpha value is -2.11. The molecule has 2 nitrogen and oxygen atoms in total. The molecule has 0 N–H and O–H groups in total. The van der Waals surface area contributed by atoms with Crippen LogP contribution in [0, 0.1) is 18.3 Å². The number of nitrogens with zero attached hydrogens (tertiary/aromatic N) is 2. The van der Waals surface area contributed by atoms with Crippen LogP contribution in [0.3, 0.4) is 0 Å². The summed E-state index contributed by atoms with van der Waals surface area (Å²) in [4.78, 5) is 2.28. The van der Waals surface area contributed by atoms with Crippen molar-refractivity contribution in [2.75, 3.05) is 6.54 Å². The lowest BCUT2D eigenvalue weighted by atomic mass is 9.95. The molecule has 0 amide bonds. The quantitative estimate of drug-likeness (QED) is 0.826. The van der Waals surface area contributed by atoms with Crippen LogP contribution in [0.15, 0.2) is 48.5 Å². The van der Waals surface area contributed by atoms with E-state index in [4.69, 9.17) is 0 Å². The van der Waals surface area contributed by atoms with Gasteiger partial charge in [-0.3, -0.25) is 4.90 Å². The molecule has 0 radical (unpaired) electrons. The zero-order chi connectivity index (χ0) is 13.9. The van der Waals surface area contributed by atoms with Crippen molar-refractivity contribution in [2.45, 2.75) is 25.9 Å². The number of aryl methyl sites for hydroxylation is 1. The molecule has 1 aliphatic rings. The first-order valence-corrected chi connectivity index (χ1v) is 7.05. The van der Waals surface area contributed by atoms with E-state index in [9.17, 15) is 5.26 Å². The van der Waals surface area contributed by atoms with Crippen LogP contribution in [0.1, 0.15) is 28.3 Å². The van der Waals surface area contributed by atoms with Gasteiger partial charge in [-0.1, -0.05) is 48.5 Å². The lowest BCUT2D eigenvalue weighted by Gasteiger charge is -2.32. The van der Waals surface area contributed by atoms with Crippen molar-refractivity contribution < 1.29 is 0 Å². The standard InChI is InChI=1S/C18H18N2/c1-14-6-2-5-9-17(14)18(12-19)20-11-10-15-7-3-4-8-16(15)13-20/h2-9,18H,10-11,13H2,1H3. The molecular formula is C18H18N2. The maximum atomic E-state index is 9.61. The van der Waals surface area contributed by atoms with Gasteiger partial charge in [0.25, 0.3) is 0 Å². The van der Waals surface area contributed by atoms with Gasteiger partial charge in [0.2, 0.25) is 0 Å². The molecule has 1 unspecified atom stereocenters. The number of rotatable bonds is 2. The van der Waals surface area contributed by atoms with Crippen molar-refractivity contribution in [3.8, 4) is 6.07 Å². The van der Waals surface area contributed by atoms with Gasteiger partial charge in [0.15, 0.2) is 0 Å². The Bertz CT molecular complexity index is 654. The summed E-state index contributed by atoms with van der Waals surface area (Å²) in [6.45, 7) is 3.89. The fourth-order valence-electron chi connectivity index (χ4n) is 2.98. The molecule has 2 aromatic carbocycles. The van der Waals surface area contributed by atoms with Crippen LogP contribution >= 0.6 is 0 Å². The molecule has 1 atom stereocenters. The molecule has 0 saturated carbocycles. The van der Waals surface area contributed by atoms with E-state index in [1.54, 1.807) is 0 Å². The summed E-state index contributed by atoms with van der Waals surface area (Å²) in [6.07, 6.45) is 1.03. The Kier molecular flexibility index (Phi) is 3.54. The molecule has 0 aliphatic carbocycles. The second kappa shape index (κ2) is 5.48. The lowest BCUT2D eigenvalue weighted by Crippen LogP contribution is -2.33. The highest BCUT2D eigenvalue weighted by molar-refractivity contribution is 5.34. The molecule has 0 bridgehead atoms. The zero-order valence-corrected chi connectivity index (χ0v) is 11.7. The summed E-state index contributed by atoms with van der Waals surface area (Å²) >= 11 is 0. The number of nitriles is 1. The van der Waals surface area contributed by atoms with E-state index < -0.39 is 0 Å². The topological polar surface area (TPSA) is 27.0 Å². The molecule has 0 spiro atoms. The Morgan fingerprint density at radius 3 is 2.50 bits per heavy atom. The van der Waals surface area contributed by atoms with Crippen molar-refractivity contribution in [3.05, 3.63) is 70.8 Å². The summed E-state index contributed by atoms with van der Waals surface area (Å²) in [5, 5.41) is 9.61. The Labute approximate surface area is 120 Å². The maximum Gasteiger partial charge on any atom is 0.124 e. The highest BCUT2D eigenvalue weighted by Crippen LogP contribution is 2.28. The molecule has 3 rings (SSSR count). The van der Waals surface area contributed by atoms with Gasteiger partial charge in [-0.15, -0.1) is 0 Å². The molecular weight excluding hydrogens is 244 g/mol. The SMILES string of the molecule is Cc1ccccc1C(C#N)N1CCc2ccccc2C1. The van der Waals surface area contributed by atoms with Crippen molar-refractivity contribution in [1.82, 2.24) is 4.90 Å². The van der Waals surface area contributed by atoms with Crippen LogP contribution in [0.2, 0.25) is 0 Å². The predicted molar refractivity (Wildman–Crippen MR) is 80.1 cm³/mol. The summed E-state index contributed by atoms with van der Waals surface area (Å²) < 4.78 is 0. The van der Waals surface area contributed by atoms with E-state index in [0.717, 1.165) is 25.1 Å². The van der Waals surface area contributed by atoms with E-state index in [2.05, 4.69) is 54.3 Å². The number of hydrogen-bond donors (Lipinski definition) is 0. The average Bonchev–Trinajstić information content (AvgIpc) is 2.50. The van der Waals surface area contributed by atoms with Crippen molar-refractivity contribution in [2.24, 2.45) is 0 Å². The highest BCUT2D eigenvalue weighted by Gasteiger charge is 2.25. The molecule has 100 valence electrons. The number of fused-ring (bicyclic) bond motifs is 1. The second-order valence-corrected chi connectivity index (χ2v) is 5.38. The molecule has 2 aromatic rings. The number of hydrogen-bond acceptors (Lipinski definition) is 2. The fourth-order valence-corrected chi connectivity index (χ4v) is 2.98. The third kappa shape index (κ3) is 2.33. The van der Waals surface area contributed by atoms with E-state index in [1.165, 1.54) is 16.7 Å². The van der Waals surface area contributed by atoms with E-state index in [0.29, 0.717) is 0 Å². The van der Waals surface area contributed by atoms with Gasteiger partial charge in [0, 0.05) is 13.1 Å². The number of benzene rings is 2. The lowest BCUT2D eigenvalue weighted by molar-refractivity contribution is 0.216. The first kappa shape index (κ1) is 12.9. The minimum atomic E-state index is -0.149. The van der Waals surface area contributed by atoms with Crippen LogP contribution in [0.4, 0.5) is 0 Å². The van der Waals surface area contributed by atoms with Gasteiger partial charge in [-0.25, -0.2) is 0 Å². The predicted octanol–water partition coefficient (Wildman–Crippen LogP) is 3.62. The first-order valence-electron chi connectivity index (χ1n) is 7.05. The van der Waals surface area contributed by atoms with Gasteiger partial charge in [0.05, 0.1) is 6.07 Å². The monoisotopic (exact) mass is 262 g/mol. The average molecular weight is 262 g/mol. The van der Waals surface area contributed by atoms with Crippen molar-refractivity contribution >= 4 is 0 Å². The van der Waals surface area contributed by atoms with Crippen molar-refractivity contribution in [3.63, 3.8) is 0 Å². The normalized spacial score (nSPS) is 16.2. The van der Waals surface area contributed by atoms with Crippen LogP contribution in [0.25, 0.3) is 0 Å². The van der Waals surface area contributed by atoms with E-state index >= 15 is 0 Å². The largest absolute Gasteiger partial charge is 0.280 e. The third-order valence-electron chi connectivity index (χ3n) is 4.13. The van der Waals surface area contributed by atoms with Crippen LogP contribution in [-0.4, -0.2) is 11.4 Å². The van der Waals surface area contributed by atoms with Gasteiger partial charge in [0.1, 0.15) is 6.04 Å². The van der Waals surface area contributed by atoms with Crippen LogP contribution < -0.4 is 0 Å². The highest BCUT2D eigenvalue weighted by atomic mass is 15.2. The molecule has 1 heterocycles. The van der Waals surface area contributed by atoms with Gasteiger partial charge < -0.3 is 0 Å². The smallest absolute Gasteiger partial charge is 0.124 e. The molecule has 0 fully saturated rings. The van der Waals surface area contributed by atoms with Gasteiger partial charge >= 0.3 is 0 Å². The molecule has 0 aromatic heterocycles. The summed E-state index contributed by atoms with van der Waals surface area (Å²) in [6, 6.07) is 19.1. The van der Waals surface area contributed by atoms with Crippen LogP contribution in [0.5, 0.6) is 0 Å². The summed E-state index contributed by atoms with van der Waals surface area (Å²) in [5.41, 5.74) is 5.10. The minimum Gasteiger partial charge on any atom is -0.280 e. The van der Waals surface area contributed by atoms with Crippen molar-refractivity contribution in [1.29, 1.82) is 5.26 Å². The Morgan fingerprint density at radius 1 is 1.05 bits per heavy atom.